The van der Waals surface area contributed by atoms with E-state index in [2.05, 4.69) is 11.8 Å². The van der Waals surface area contributed by atoms with Gasteiger partial charge in [-0.15, -0.1) is 0 Å². The van der Waals surface area contributed by atoms with Gasteiger partial charge in [0.25, 0.3) is 0 Å². The molecule has 1 aromatic rings. The van der Waals surface area contributed by atoms with E-state index in [4.69, 9.17) is 9.47 Å². The van der Waals surface area contributed by atoms with Crippen molar-refractivity contribution in [1.82, 2.24) is 4.90 Å². The van der Waals surface area contributed by atoms with Gasteiger partial charge in [-0.1, -0.05) is 12.1 Å². The monoisotopic (exact) mass is 277 g/mol. The largest absolute Gasteiger partial charge is 0.491 e. The number of para-hydroxylation sites is 1. The Labute approximate surface area is 120 Å². The van der Waals surface area contributed by atoms with Crippen molar-refractivity contribution in [1.29, 1.82) is 0 Å². The highest BCUT2D eigenvalue weighted by Gasteiger charge is 2.15. The zero-order valence-electron chi connectivity index (χ0n) is 12.3. The van der Waals surface area contributed by atoms with Gasteiger partial charge in [0.05, 0.1) is 11.7 Å². The molecule has 20 heavy (non-hydrogen) atoms. The molecule has 0 amide bonds. The van der Waals surface area contributed by atoms with Crippen LogP contribution in [0.1, 0.15) is 30.6 Å². The molecule has 0 aliphatic carbocycles. The molecule has 1 saturated heterocycles. The molecule has 1 heterocycles. The summed E-state index contributed by atoms with van der Waals surface area (Å²) in [4.78, 5) is 13.9. The lowest BCUT2D eigenvalue weighted by Crippen LogP contribution is -2.33. The van der Waals surface area contributed by atoms with Crippen LogP contribution in [0.5, 0.6) is 5.75 Å². The predicted molar refractivity (Wildman–Crippen MR) is 78.4 cm³/mol. The molecule has 0 saturated carbocycles. The van der Waals surface area contributed by atoms with E-state index in [1.54, 1.807) is 13.0 Å². The van der Waals surface area contributed by atoms with E-state index in [1.807, 2.05) is 18.2 Å². The van der Waals surface area contributed by atoms with Crippen molar-refractivity contribution < 1.29 is 14.3 Å². The third-order valence-corrected chi connectivity index (χ3v) is 3.47. The number of Topliss-reactive ketones (excluding diaryl/α,β-unsaturated/α-hetero) is 1. The fourth-order valence-corrected chi connectivity index (χ4v) is 2.45. The molecule has 0 radical (unpaired) electrons. The average Bonchev–Trinajstić information content (AvgIpc) is 2.63. The third-order valence-electron chi connectivity index (χ3n) is 3.47. The number of rotatable bonds is 5. The normalized spacial score (nSPS) is 20.4. The van der Waals surface area contributed by atoms with Crippen LogP contribution in [0.15, 0.2) is 24.3 Å². The first-order valence-electron chi connectivity index (χ1n) is 7.23. The second-order valence-electron chi connectivity index (χ2n) is 5.24. The molecule has 110 valence electrons. The Balaban J connectivity index is 1.85. The molecule has 1 aliphatic heterocycles. The van der Waals surface area contributed by atoms with Gasteiger partial charge in [-0.3, -0.25) is 9.69 Å². The van der Waals surface area contributed by atoms with Crippen LogP contribution in [0.2, 0.25) is 0 Å². The van der Waals surface area contributed by atoms with Crippen molar-refractivity contribution in [2.75, 3.05) is 32.8 Å². The number of carbonyl (C=O) groups is 1. The predicted octanol–water partition coefficient (Wildman–Crippen LogP) is 2.38. The summed E-state index contributed by atoms with van der Waals surface area (Å²) in [6.45, 7) is 7.95. The molecule has 2 rings (SSSR count). The van der Waals surface area contributed by atoms with Crippen molar-refractivity contribution in [2.45, 2.75) is 26.4 Å². The van der Waals surface area contributed by atoms with E-state index >= 15 is 0 Å². The van der Waals surface area contributed by atoms with Gasteiger partial charge >= 0.3 is 0 Å². The number of ether oxygens (including phenoxy) is 2. The first kappa shape index (κ1) is 15.0. The van der Waals surface area contributed by atoms with Crippen LogP contribution < -0.4 is 4.74 Å². The SMILES string of the molecule is CC(=O)c1ccccc1OCCN1CCCOC(C)C1. The number of hydrogen-bond acceptors (Lipinski definition) is 4. The molecule has 1 aromatic carbocycles. The molecule has 4 nitrogen and oxygen atoms in total. The first-order valence-corrected chi connectivity index (χ1v) is 7.23. The van der Waals surface area contributed by atoms with Crippen LogP contribution in [-0.4, -0.2) is 49.6 Å². The van der Waals surface area contributed by atoms with E-state index < -0.39 is 0 Å². The Morgan fingerprint density at radius 3 is 3.05 bits per heavy atom. The lowest BCUT2D eigenvalue weighted by molar-refractivity contribution is 0.0658. The van der Waals surface area contributed by atoms with Crippen LogP contribution in [0, 0.1) is 0 Å². The number of benzene rings is 1. The highest BCUT2D eigenvalue weighted by atomic mass is 16.5. The molecular weight excluding hydrogens is 254 g/mol. The maximum atomic E-state index is 11.5. The highest BCUT2D eigenvalue weighted by molar-refractivity contribution is 5.96. The number of ketones is 1. The summed E-state index contributed by atoms with van der Waals surface area (Å²) >= 11 is 0. The summed E-state index contributed by atoms with van der Waals surface area (Å²) in [6, 6.07) is 7.41. The minimum atomic E-state index is 0.0393. The quantitative estimate of drug-likeness (QED) is 0.775. The van der Waals surface area contributed by atoms with E-state index in [-0.39, 0.29) is 11.9 Å². The van der Waals surface area contributed by atoms with Gasteiger partial charge in [0.15, 0.2) is 5.78 Å². The van der Waals surface area contributed by atoms with Crippen molar-refractivity contribution in [3.05, 3.63) is 29.8 Å². The minimum Gasteiger partial charge on any atom is -0.491 e. The van der Waals surface area contributed by atoms with Crippen molar-refractivity contribution in [3.63, 3.8) is 0 Å². The van der Waals surface area contributed by atoms with Gasteiger partial charge in [-0.05, 0) is 32.4 Å². The van der Waals surface area contributed by atoms with Crippen molar-refractivity contribution in [2.24, 2.45) is 0 Å². The summed E-state index contributed by atoms with van der Waals surface area (Å²) < 4.78 is 11.4. The standard InChI is InChI=1S/C16H23NO3/c1-13-12-17(8-5-10-19-13)9-11-20-16-7-4-3-6-15(16)14(2)18/h3-4,6-7,13H,5,8-12H2,1-2H3. The maximum Gasteiger partial charge on any atom is 0.163 e. The molecule has 0 aromatic heterocycles. The molecule has 4 heteroatoms. The lowest BCUT2D eigenvalue weighted by Gasteiger charge is -2.21. The zero-order valence-corrected chi connectivity index (χ0v) is 12.3. The van der Waals surface area contributed by atoms with E-state index in [0.29, 0.717) is 17.9 Å². The van der Waals surface area contributed by atoms with Gasteiger partial charge < -0.3 is 9.47 Å². The summed E-state index contributed by atoms with van der Waals surface area (Å²) in [5.41, 5.74) is 0.653. The molecule has 0 bridgehead atoms. The Kier molecular flexibility index (Phi) is 5.56. The van der Waals surface area contributed by atoms with E-state index in [9.17, 15) is 4.79 Å². The second kappa shape index (κ2) is 7.41. The zero-order chi connectivity index (χ0) is 14.4. The Morgan fingerprint density at radius 2 is 2.25 bits per heavy atom. The smallest absolute Gasteiger partial charge is 0.163 e. The van der Waals surface area contributed by atoms with Gasteiger partial charge in [-0.2, -0.15) is 0 Å². The molecule has 1 aliphatic rings. The molecule has 0 spiro atoms. The number of hydrogen-bond donors (Lipinski definition) is 0. The van der Waals surface area contributed by atoms with Crippen LogP contribution >= 0.6 is 0 Å². The maximum absolute atomic E-state index is 11.5. The Hall–Kier alpha value is -1.39. The van der Waals surface area contributed by atoms with Gasteiger partial charge in [-0.25, -0.2) is 0 Å². The van der Waals surface area contributed by atoms with Crippen LogP contribution in [0.4, 0.5) is 0 Å². The fraction of sp³-hybridized carbons (Fsp3) is 0.562. The topological polar surface area (TPSA) is 38.8 Å². The molecule has 1 unspecified atom stereocenters. The number of nitrogens with zero attached hydrogens (tertiary/aromatic N) is 1. The molecule has 1 fully saturated rings. The van der Waals surface area contributed by atoms with Crippen LogP contribution in [0.25, 0.3) is 0 Å². The summed E-state index contributed by atoms with van der Waals surface area (Å²) in [6.07, 6.45) is 1.34. The van der Waals surface area contributed by atoms with Crippen molar-refractivity contribution >= 4 is 5.78 Å². The van der Waals surface area contributed by atoms with Crippen LogP contribution in [0.3, 0.4) is 0 Å². The minimum absolute atomic E-state index is 0.0393. The Bertz CT molecular complexity index is 447. The van der Waals surface area contributed by atoms with E-state index in [1.165, 1.54) is 0 Å². The van der Waals surface area contributed by atoms with Gasteiger partial charge in [0.1, 0.15) is 12.4 Å². The summed E-state index contributed by atoms with van der Waals surface area (Å²) in [7, 11) is 0. The molecule has 0 N–H and O–H groups in total. The third kappa shape index (κ3) is 4.32. The fourth-order valence-electron chi connectivity index (χ4n) is 2.45. The van der Waals surface area contributed by atoms with Gasteiger partial charge in [0.2, 0.25) is 0 Å². The summed E-state index contributed by atoms with van der Waals surface area (Å²) in [5.74, 6) is 0.719. The molecule has 1 atom stereocenters. The lowest BCUT2D eigenvalue weighted by atomic mass is 10.1. The highest BCUT2D eigenvalue weighted by Crippen LogP contribution is 2.18. The van der Waals surface area contributed by atoms with E-state index in [0.717, 1.165) is 32.7 Å². The van der Waals surface area contributed by atoms with Crippen molar-refractivity contribution in [3.8, 4) is 5.75 Å². The summed E-state index contributed by atoms with van der Waals surface area (Å²) in [5, 5.41) is 0. The second-order valence-corrected chi connectivity index (χ2v) is 5.24. The average molecular weight is 277 g/mol. The first-order chi connectivity index (χ1) is 9.66. The Morgan fingerprint density at radius 1 is 1.45 bits per heavy atom. The number of carbonyl (C=O) groups excluding carboxylic acids is 1. The van der Waals surface area contributed by atoms with Crippen LogP contribution in [-0.2, 0) is 4.74 Å². The van der Waals surface area contributed by atoms with Gasteiger partial charge in [0, 0.05) is 26.2 Å². The molecular formula is C16H23NO3.